The number of hydrogen-bond donors (Lipinski definition) is 1. The van der Waals surface area contributed by atoms with Crippen LogP contribution in [0.4, 0.5) is 0 Å². The minimum absolute atomic E-state index is 0.0631. The van der Waals surface area contributed by atoms with Gasteiger partial charge in [0.25, 0.3) is 6.47 Å². The highest BCUT2D eigenvalue weighted by molar-refractivity contribution is 9.25. The second kappa shape index (κ2) is 7.59. The van der Waals surface area contributed by atoms with Crippen LogP contribution in [0.1, 0.15) is 15.9 Å². The molecule has 0 aliphatic carbocycles. The van der Waals surface area contributed by atoms with Crippen LogP contribution in [0.5, 0.6) is 0 Å². The van der Waals surface area contributed by atoms with Gasteiger partial charge in [0.15, 0.2) is 5.78 Å². The van der Waals surface area contributed by atoms with Crippen LogP contribution in [0.2, 0.25) is 0 Å². The van der Waals surface area contributed by atoms with Crippen molar-refractivity contribution in [2.45, 2.75) is 10.7 Å². The Kier molecular flexibility index (Phi) is 7.25. The zero-order valence-electron chi connectivity index (χ0n) is 7.98. The fraction of sp³-hybridized carbons (Fsp3) is 0.200. The summed E-state index contributed by atoms with van der Waals surface area (Å²) in [5.41, 5.74) is 1.77. The van der Waals surface area contributed by atoms with Gasteiger partial charge in [-0.1, -0.05) is 56.1 Å². The Labute approximate surface area is 105 Å². The third-order valence-electron chi connectivity index (χ3n) is 1.61. The normalized spacial score (nSPS) is 9.07. The molecule has 1 rings (SSSR count). The number of aryl methyl sites for hydroxylation is 1. The van der Waals surface area contributed by atoms with Gasteiger partial charge in [0, 0.05) is 5.56 Å². The number of rotatable bonds is 2. The molecule has 1 aromatic rings. The standard InChI is InChI=1S/C9H8Br2O.CH2O2/c1-6-4-2-3-5-7(6)8(12)9(10)11;2-1-3/h2-5,9H,1H3;1H,(H,2,3). The molecule has 0 aliphatic rings. The largest absolute Gasteiger partial charge is 0.483 e. The zero-order chi connectivity index (χ0) is 11.8. The Bertz CT molecular complexity index is 337. The molecule has 0 amide bonds. The van der Waals surface area contributed by atoms with Gasteiger partial charge >= 0.3 is 0 Å². The third kappa shape index (κ3) is 5.09. The van der Waals surface area contributed by atoms with Crippen molar-refractivity contribution in [2.24, 2.45) is 0 Å². The maximum Gasteiger partial charge on any atom is 0.290 e. The topological polar surface area (TPSA) is 54.4 Å². The fourth-order valence-electron chi connectivity index (χ4n) is 0.967. The van der Waals surface area contributed by atoms with Crippen LogP contribution in [-0.2, 0) is 4.79 Å². The van der Waals surface area contributed by atoms with Gasteiger partial charge in [-0.3, -0.25) is 9.59 Å². The van der Waals surface area contributed by atoms with Crippen molar-refractivity contribution in [3.05, 3.63) is 35.4 Å². The molecule has 0 unspecified atom stereocenters. The van der Waals surface area contributed by atoms with Crippen LogP contribution in [-0.4, -0.2) is 21.1 Å². The van der Waals surface area contributed by atoms with Gasteiger partial charge in [0.1, 0.15) is 3.74 Å². The second-order valence-corrected chi connectivity index (χ2v) is 5.65. The molecular formula is C10H10Br2O3. The lowest BCUT2D eigenvalue weighted by Gasteiger charge is -2.04. The Morgan fingerprint density at radius 2 is 1.87 bits per heavy atom. The molecule has 5 heteroatoms. The van der Waals surface area contributed by atoms with Crippen LogP contribution < -0.4 is 0 Å². The number of benzene rings is 1. The molecular weight excluding hydrogens is 328 g/mol. The lowest BCUT2D eigenvalue weighted by Crippen LogP contribution is -2.08. The van der Waals surface area contributed by atoms with E-state index in [-0.39, 0.29) is 16.0 Å². The van der Waals surface area contributed by atoms with Crippen molar-refractivity contribution < 1.29 is 14.7 Å². The summed E-state index contributed by atoms with van der Waals surface area (Å²) in [5, 5.41) is 6.89. The van der Waals surface area contributed by atoms with E-state index in [4.69, 9.17) is 9.90 Å². The fourth-order valence-corrected chi connectivity index (χ4v) is 1.46. The predicted octanol–water partition coefficient (Wildman–Crippen LogP) is 2.99. The van der Waals surface area contributed by atoms with Gasteiger partial charge < -0.3 is 5.11 Å². The summed E-state index contributed by atoms with van der Waals surface area (Å²) in [4.78, 5) is 19.8. The van der Waals surface area contributed by atoms with E-state index in [0.717, 1.165) is 11.1 Å². The molecule has 0 saturated heterocycles. The first-order valence-electron chi connectivity index (χ1n) is 4.00. The highest BCUT2D eigenvalue weighted by atomic mass is 79.9. The molecule has 15 heavy (non-hydrogen) atoms. The average molecular weight is 338 g/mol. The van der Waals surface area contributed by atoms with E-state index in [2.05, 4.69) is 31.9 Å². The van der Waals surface area contributed by atoms with Crippen LogP contribution >= 0.6 is 31.9 Å². The SMILES string of the molecule is Cc1ccccc1C(=O)C(Br)Br.O=CO. The number of carboxylic acid groups (broad SMARTS) is 1. The van der Waals surface area contributed by atoms with Gasteiger partial charge in [-0.25, -0.2) is 0 Å². The summed E-state index contributed by atoms with van der Waals surface area (Å²) in [6.45, 7) is 1.68. The number of alkyl halides is 2. The van der Waals surface area contributed by atoms with Crippen LogP contribution in [0.3, 0.4) is 0 Å². The van der Waals surface area contributed by atoms with Crippen LogP contribution in [0, 0.1) is 6.92 Å². The molecule has 0 fully saturated rings. The first kappa shape index (κ1) is 14.3. The third-order valence-corrected chi connectivity index (χ3v) is 2.44. The van der Waals surface area contributed by atoms with Crippen molar-refractivity contribution in [3.8, 4) is 0 Å². The monoisotopic (exact) mass is 336 g/mol. The highest BCUT2D eigenvalue weighted by Gasteiger charge is 2.14. The van der Waals surface area contributed by atoms with Gasteiger partial charge in [-0.2, -0.15) is 0 Å². The van der Waals surface area contributed by atoms with E-state index in [1.54, 1.807) is 0 Å². The molecule has 0 aromatic heterocycles. The summed E-state index contributed by atoms with van der Waals surface area (Å²) in [6.07, 6.45) is 0. The molecule has 1 aromatic carbocycles. The molecule has 0 heterocycles. The first-order chi connectivity index (χ1) is 7.04. The maximum atomic E-state index is 11.5. The molecule has 3 nitrogen and oxygen atoms in total. The summed E-state index contributed by atoms with van der Waals surface area (Å²) in [5.74, 6) is 0.0631. The van der Waals surface area contributed by atoms with Crippen molar-refractivity contribution >= 4 is 44.1 Å². The molecule has 0 radical (unpaired) electrons. The number of Topliss-reactive ketones (excluding diaryl/α,β-unsaturated/α-hetero) is 1. The lowest BCUT2D eigenvalue weighted by molar-refractivity contribution is -0.122. The molecule has 0 aliphatic heterocycles. The van der Waals surface area contributed by atoms with Gasteiger partial charge in [-0.05, 0) is 12.5 Å². The second-order valence-electron chi connectivity index (χ2n) is 2.59. The Balaban J connectivity index is 0.000000583. The molecule has 0 bridgehead atoms. The van der Waals surface area contributed by atoms with Crippen molar-refractivity contribution in [2.75, 3.05) is 0 Å². The van der Waals surface area contributed by atoms with E-state index in [1.165, 1.54) is 0 Å². The van der Waals surface area contributed by atoms with Crippen molar-refractivity contribution in [1.82, 2.24) is 0 Å². The highest BCUT2D eigenvalue weighted by Crippen LogP contribution is 2.17. The number of halogens is 2. The molecule has 82 valence electrons. The number of ketones is 1. The first-order valence-corrected chi connectivity index (χ1v) is 5.83. The van der Waals surface area contributed by atoms with E-state index in [1.807, 2.05) is 31.2 Å². The molecule has 1 N–H and O–H groups in total. The number of hydrogen-bond acceptors (Lipinski definition) is 2. The van der Waals surface area contributed by atoms with Crippen LogP contribution in [0.25, 0.3) is 0 Å². The minimum Gasteiger partial charge on any atom is -0.483 e. The average Bonchev–Trinajstić information content (AvgIpc) is 2.18. The predicted molar refractivity (Wildman–Crippen MR) is 65.8 cm³/mol. The summed E-state index contributed by atoms with van der Waals surface area (Å²) in [7, 11) is 0. The van der Waals surface area contributed by atoms with Gasteiger partial charge in [0.05, 0.1) is 0 Å². The quantitative estimate of drug-likeness (QED) is 0.512. The van der Waals surface area contributed by atoms with Crippen molar-refractivity contribution in [1.29, 1.82) is 0 Å². The van der Waals surface area contributed by atoms with E-state index in [0.29, 0.717) is 0 Å². The summed E-state index contributed by atoms with van der Waals surface area (Å²) < 4.78 is -0.286. The Morgan fingerprint density at radius 3 is 2.27 bits per heavy atom. The maximum absolute atomic E-state index is 11.5. The van der Waals surface area contributed by atoms with Crippen molar-refractivity contribution in [3.63, 3.8) is 0 Å². The summed E-state index contributed by atoms with van der Waals surface area (Å²) in [6, 6.07) is 7.54. The van der Waals surface area contributed by atoms with Gasteiger partial charge in [0.2, 0.25) is 0 Å². The smallest absolute Gasteiger partial charge is 0.290 e. The number of carbonyl (C=O) groups is 2. The van der Waals surface area contributed by atoms with Gasteiger partial charge in [-0.15, -0.1) is 0 Å². The summed E-state index contributed by atoms with van der Waals surface area (Å²) >= 11 is 6.36. The lowest BCUT2D eigenvalue weighted by atomic mass is 10.1. The molecule has 0 saturated carbocycles. The Hall–Kier alpha value is -0.680. The Morgan fingerprint density at radius 1 is 1.40 bits per heavy atom. The zero-order valence-corrected chi connectivity index (χ0v) is 11.2. The van der Waals surface area contributed by atoms with E-state index >= 15 is 0 Å². The van der Waals surface area contributed by atoms with E-state index < -0.39 is 0 Å². The number of carbonyl (C=O) groups excluding carboxylic acids is 1. The molecule has 0 atom stereocenters. The van der Waals surface area contributed by atoms with Crippen LogP contribution in [0.15, 0.2) is 24.3 Å². The minimum atomic E-state index is -0.286. The molecule has 0 spiro atoms. The van der Waals surface area contributed by atoms with E-state index in [9.17, 15) is 4.79 Å².